The summed E-state index contributed by atoms with van der Waals surface area (Å²) in [6.07, 6.45) is -0.0376. The van der Waals surface area contributed by atoms with Crippen LogP contribution < -0.4 is 5.32 Å². The number of rotatable bonds is 6. The Morgan fingerprint density at radius 3 is 2.31 bits per heavy atom. The summed E-state index contributed by atoms with van der Waals surface area (Å²) in [7, 11) is 0. The number of aromatic nitrogens is 1. The lowest BCUT2D eigenvalue weighted by molar-refractivity contribution is -0.136. The number of carbonyl (C=O) groups is 2. The summed E-state index contributed by atoms with van der Waals surface area (Å²) in [5, 5.41) is 24.9. The predicted molar refractivity (Wildman–Crippen MR) is 142 cm³/mol. The first kappa shape index (κ1) is 26.5. The highest BCUT2D eigenvalue weighted by Gasteiger charge is 2.13. The number of carboxylic acids is 2. The number of para-hydroxylation sites is 1. The zero-order chi connectivity index (χ0) is 25.5. The van der Waals surface area contributed by atoms with Crippen molar-refractivity contribution in [3.05, 3.63) is 97.9 Å². The van der Waals surface area contributed by atoms with Gasteiger partial charge in [0.1, 0.15) is 5.01 Å². The number of aryl methyl sites for hydroxylation is 1. The maximum atomic E-state index is 11.1. The number of hydrogen-bond donors (Lipinski definition) is 3. The predicted octanol–water partition coefficient (Wildman–Crippen LogP) is 7.83. The van der Waals surface area contributed by atoms with E-state index in [1.165, 1.54) is 17.4 Å². The second-order valence-corrected chi connectivity index (χ2v) is 9.33. The highest BCUT2D eigenvalue weighted by Crippen LogP contribution is 2.35. The monoisotopic (exact) mass is 548 g/mol. The van der Waals surface area contributed by atoms with Gasteiger partial charge in [-0.05, 0) is 42.8 Å². The fourth-order valence-electron chi connectivity index (χ4n) is 2.95. The third kappa shape index (κ3) is 7.19. The van der Waals surface area contributed by atoms with Crippen LogP contribution in [-0.2, 0) is 11.2 Å². The number of aliphatic carboxylic acids is 1. The molecule has 0 aliphatic carbocycles. The van der Waals surface area contributed by atoms with Crippen molar-refractivity contribution in [2.24, 2.45) is 0 Å². The fraction of sp³-hybridized carbons (Fsp3) is 0.0800. The van der Waals surface area contributed by atoms with Crippen molar-refractivity contribution in [1.82, 2.24) is 4.98 Å². The van der Waals surface area contributed by atoms with E-state index >= 15 is 0 Å². The molecule has 0 atom stereocenters. The van der Waals surface area contributed by atoms with E-state index in [1.807, 2.05) is 19.1 Å². The van der Waals surface area contributed by atoms with E-state index in [-0.39, 0.29) is 12.0 Å². The van der Waals surface area contributed by atoms with Crippen LogP contribution in [-0.4, -0.2) is 27.1 Å². The average molecular weight is 550 g/mol. The summed E-state index contributed by atoms with van der Waals surface area (Å²) in [5.41, 5.74) is 3.52. The van der Waals surface area contributed by atoms with Crippen molar-refractivity contribution >= 4 is 69.5 Å². The minimum atomic E-state index is -1.01. The number of benzene rings is 3. The van der Waals surface area contributed by atoms with Crippen molar-refractivity contribution in [2.75, 3.05) is 5.32 Å². The number of nitrogens with one attached hydrogen (secondary N) is 1. The summed E-state index contributed by atoms with van der Waals surface area (Å²) in [6.45, 7) is 1.85. The molecule has 4 aromatic rings. The molecule has 0 unspecified atom stereocenters. The molecule has 0 fully saturated rings. The molecule has 0 aliphatic rings. The van der Waals surface area contributed by atoms with Gasteiger partial charge in [0.2, 0.25) is 0 Å². The van der Waals surface area contributed by atoms with Crippen molar-refractivity contribution in [3.8, 4) is 10.6 Å². The Labute approximate surface area is 220 Å². The summed E-state index contributed by atoms with van der Waals surface area (Å²) < 4.78 is 0. The van der Waals surface area contributed by atoms with Crippen LogP contribution in [0.2, 0.25) is 15.1 Å². The molecule has 1 aromatic heterocycles. The topological polar surface area (TPSA) is 99.5 Å². The lowest BCUT2D eigenvalue weighted by atomic mass is 10.1. The molecule has 10 heteroatoms. The Morgan fingerprint density at radius 1 is 0.971 bits per heavy atom. The van der Waals surface area contributed by atoms with Gasteiger partial charge < -0.3 is 15.5 Å². The Hall–Kier alpha value is -3.10. The third-order valence-electron chi connectivity index (χ3n) is 4.68. The molecule has 0 spiro atoms. The van der Waals surface area contributed by atoms with Gasteiger partial charge in [0.25, 0.3) is 0 Å². The van der Waals surface area contributed by atoms with Crippen LogP contribution in [0.5, 0.6) is 0 Å². The molecule has 0 radical (unpaired) electrons. The number of anilines is 2. The molecule has 3 N–H and O–H groups in total. The zero-order valence-electron chi connectivity index (χ0n) is 18.3. The Morgan fingerprint density at radius 2 is 1.66 bits per heavy atom. The average Bonchev–Trinajstić information content (AvgIpc) is 3.28. The normalized spacial score (nSPS) is 10.3. The van der Waals surface area contributed by atoms with E-state index < -0.39 is 11.9 Å². The van der Waals surface area contributed by atoms with E-state index in [9.17, 15) is 9.59 Å². The molecular weight excluding hydrogens is 531 g/mol. The molecule has 4 rings (SSSR count). The first-order valence-electron chi connectivity index (χ1n) is 10.1. The lowest BCUT2D eigenvalue weighted by Crippen LogP contribution is -2.03. The largest absolute Gasteiger partial charge is 0.481 e. The molecular formula is C25H19Cl3N2O4S. The maximum absolute atomic E-state index is 11.1. The Kier molecular flexibility index (Phi) is 9.12. The Balaban J connectivity index is 0.000000198. The van der Waals surface area contributed by atoms with Gasteiger partial charge in [-0.2, -0.15) is 0 Å². The van der Waals surface area contributed by atoms with Gasteiger partial charge in [0, 0.05) is 16.0 Å². The van der Waals surface area contributed by atoms with Crippen LogP contribution in [0.15, 0.2) is 66.0 Å². The minimum absolute atomic E-state index is 0.0376. The molecule has 35 heavy (non-hydrogen) atoms. The molecule has 3 aromatic carbocycles. The number of carboxylic acid groups (broad SMARTS) is 2. The standard InChI is InChI=1S/C14H11Cl2NO2.C11H8ClNO2S/c1-8-6-7-10(15)13(12(8)16)17-11-5-3-2-4-9(11)14(18)19;12-8-3-1-7(2-4-8)11-13-9(6-16-11)5-10(14)15/h2-7,17H,1H3,(H,18,19);1-4,6H,5H2,(H,14,15). The van der Waals surface area contributed by atoms with Crippen LogP contribution in [0.25, 0.3) is 10.6 Å². The molecule has 180 valence electrons. The number of nitrogens with zero attached hydrogens (tertiary/aromatic N) is 1. The lowest BCUT2D eigenvalue weighted by Gasteiger charge is -2.13. The molecule has 1 heterocycles. The van der Waals surface area contributed by atoms with E-state index in [1.54, 1.807) is 47.8 Å². The minimum Gasteiger partial charge on any atom is -0.481 e. The van der Waals surface area contributed by atoms with Crippen LogP contribution in [0.1, 0.15) is 21.6 Å². The second kappa shape index (κ2) is 12.0. The van der Waals surface area contributed by atoms with Gasteiger partial charge in [0.15, 0.2) is 0 Å². The first-order chi connectivity index (χ1) is 16.7. The van der Waals surface area contributed by atoms with Gasteiger partial charge in [0.05, 0.1) is 39.1 Å². The second-order valence-electron chi connectivity index (χ2n) is 7.25. The van der Waals surface area contributed by atoms with E-state index in [0.717, 1.165) is 16.1 Å². The number of hydrogen-bond acceptors (Lipinski definition) is 5. The maximum Gasteiger partial charge on any atom is 0.337 e. The van der Waals surface area contributed by atoms with Crippen molar-refractivity contribution < 1.29 is 19.8 Å². The van der Waals surface area contributed by atoms with Crippen LogP contribution in [0.4, 0.5) is 11.4 Å². The van der Waals surface area contributed by atoms with Crippen LogP contribution in [0, 0.1) is 6.92 Å². The summed E-state index contributed by atoms with van der Waals surface area (Å²) in [4.78, 5) is 25.9. The van der Waals surface area contributed by atoms with Crippen molar-refractivity contribution in [3.63, 3.8) is 0 Å². The molecule has 0 amide bonds. The van der Waals surface area contributed by atoms with Crippen molar-refractivity contribution in [1.29, 1.82) is 0 Å². The summed E-state index contributed by atoms with van der Waals surface area (Å²) in [6, 6.07) is 17.4. The van der Waals surface area contributed by atoms with E-state index in [4.69, 9.17) is 45.0 Å². The van der Waals surface area contributed by atoms with Gasteiger partial charge in [-0.15, -0.1) is 11.3 Å². The smallest absolute Gasteiger partial charge is 0.337 e. The Bertz CT molecular complexity index is 1360. The van der Waals surface area contributed by atoms with Gasteiger partial charge >= 0.3 is 11.9 Å². The van der Waals surface area contributed by atoms with Gasteiger partial charge in [-0.25, -0.2) is 9.78 Å². The molecule has 0 bridgehead atoms. The molecule has 0 saturated heterocycles. The number of aromatic carboxylic acids is 1. The number of halogens is 3. The van der Waals surface area contributed by atoms with Crippen LogP contribution >= 0.6 is 46.1 Å². The third-order valence-corrected chi connectivity index (χ3v) is 6.67. The zero-order valence-corrected chi connectivity index (χ0v) is 21.3. The quantitative estimate of drug-likeness (QED) is 0.227. The van der Waals surface area contributed by atoms with E-state index in [2.05, 4.69) is 10.3 Å². The highest BCUT2D eigenvalue weighted by atomic mass is 35.5. The SMILES string of the molecule is Cc1ccc(Cl)c(Nc2ccccc2C(=O)O)c1Cl.O=C(O)Cc1csc(-c2ccc(Cl)cc2)n1. The van der Waals surface area contributed by atoms with Crippen molar-refractivity contribution in [2.45, 2.75) is 13.3 Å². The van der Waals surface area contributed by atoms with Gasteiger partial charge in [-0.3, -0.25) is 4.79 Å². The first-order valence-corrected chi connectivity index (χ1v) is 12.1. The summed E-state index contributed by atoms with van der Waals surface area (Å²) in [5.74, 6) is -1.88. The highest BCUT2D eigenvalue weighted by molar-refractivity contribution is 7.13. The summed E-state index contributed by atoms with van der Waals surface area (Å²) >= 11 is 19.5. The molecule has 6 nitrogen and oxygen atoms in total. The molecule has 0 saturated carbocycles. The number of thiazole rings is 1. The van der Waals surface area contributed by atoms with Gasteiger partial charge in [-0.1, -0.05) is 65.1 Å². The fourth-order valence-corrected chi connectivity index (χ4v) is 4.37. The van der Waals surface area contributed by atoms with E-state index in [0.29, 0.717) is 32.1 Å². The van der Waals surface area contributed by atoms with Crippen LogP contribution in [0.3, 0.4) is 0 Å². The molecule has 0 aliphatic heterocycles.